The Bertz CT molecular complexity index is 300. The van der Waals surface area contributed by atoms with Crippen LogP contribution in [0, 0.1) is 11.8 Å². The van der Waals surface area contributed by atoms with Crippen LogP contribution in [0.4, 0.5) is 13.2 Å². The first kappa shape index (κ1) is 17.6. The minimum atomic E-state index is -4.28. The SMILES string of the molecule is O=C(NCCSCCCO)C1CCCCC1C(F)(F)F. The number of carbonyl (C=O) groups is 1. The summed E-state index contributed by atoms with van der Waals surface area (Å²) >= 11 is 1.58. The predicted octanol–water partition coefficient (Wildman–Crippen LogP) is 2.59. The molecule has 0 aromatic rings. The van der Waals surface area contributed by atoms with Gasteiger partial charge in [0.2, 0.25) is 5.91 Å². The molecule has 1 aliphatic rings. The number of aliphatic hydroxyl groups excluding tert-OH is 1. The van der Waals surface area contributed by atoms with Crippen LogP contribution >= 0.6 is 11.8 Å². The van der Waals surface area contributed by atoms with E-state index in [1.54, 1.807) is 11.8 Å². The van der Waals surface area contributed by atoms with Gasteiger partial charge < -0.3 is 10.4 Å². The molecule has 7 heteroatoms. The molecule has 0 aromatic heterocycles. The number of alkyl halides is 3. The fraction of sp³-hybridized carbons (Fsp3) is 0.923. The number of amides is 1. The third kappa shape index (κ3) is 5.91. The van der Waals surface area contributed by atoms with Crippen LogP contribution in [-0.2, 0) is 4.79 Å². The number of rotatable bonds is 7. The van der Waals surface area contributed by atoms with Gasteiger partial charge in [0.05, 0.1) is 5.92 Å². The van der Waals surface area contributed by atoms with E-state index in [9.17, 15) is 18.0 Å². The summed E-state index contributed by atoms with van der Waals surface area (Å²) < 4.78 is 38.6. The van der Waals surface area contributed by atoms with Crippen LogP contribution in [-0.4, -0.2) is 41.8 Å². The largest absolute Gasteiger partial charge is 0.396 e. The van der Waals surface area contributed by atoms with E-state index in [1.165, 1.54) is 0 Å². The Hall–Kier alpha value is -0.430. The topological polar surface area (TPSA) is 49.3 Å². The van der Waals surface area contributed by atoms with Crippen molar-refractivity contribution in [2.45, 2.75) is 38.3 Å². The van der Waals surface area contributed by atoms with Gasteiger partial charge in [-0.1, -0.05) is 12.8 Å². The van der Waals surface area contributed by atoms with E-state index in [-0.39, 0.29) is 13.0 Å². The smallest absolute Gasteiger partial charge is 0.392 e. The number of thioether (sulfide) groups is 1. The van der Waals surface area contributed by atoms with Crippen molar-refractivity contribution >= 4 is 17.7 Å². The van der Waals surface area contributed by atoms with Gasteiger partial charge in [0, 0.05) is 24.8 Å². The van der Waals surface area contributed by atoms with Crippen molar-refractivity contribution in [1.29, 1.82) is 0 Å². The summed E-state index contributed by atoms with van der Waals surface area (Å²) in [6, 6.07) is 0. The van der Waals surface area contributed by atoms with Gasteiger partial charge >= 0.3 is 6.18 Å². The maximum absolute atomic E-state index is 12.9. The Morgan fingerprint density at radius 1 is 1.25 bits per heavy atom. The molecule has 0 saturated heterocycles. The highest BCUT2D eigenvalue weighted by Gasteiger charge is 2.47. The maximum Gasteiger partial charge on any atom is 0.392 e. The fourth-order valence-electron chi connectivity index (χ4n) is 2.48. The van der Waals surface area contributed by atoms with E-state index < -0.39 is 23.9 Å². The Balaban J connectivity index is 2.33. The number of nitrogens with one attached hydrogen (secondary N) is 1. The van der Waals surface area contributed by atoms with Crippen LogP contribution < -0.4 is 5.32 Å². The van der Waals surface area contributed by atoms with E-state index in [1.807, 2.05) is 0 Å². The van der Waals surface area contributed by atoms with Crippen LogP contribution in [0.2, 0.25) is 0 Å². The molecule has 2 unspecified atom stereocenters. The zero-order valence-electron chi connectivity index (χ0n) is 11.4. The average Bonchev–Trinajstić information content (AvgIpc) is 2.41. The lowest BCUT2D eigenvalue weighted by Crippen LogP contribution is -2.43. The molecule has 1 aliphatic carbocycles. The number of hydrogen-bond acceptors (Lipinski definition) is 3. The summed E-state index contributed by atoms with van der Waals surface area (Å²) in [5, 5.41) is 11.2. The molecule has 1 amide bonds. The molecule has 1 fully saturated rings. The standard InChI is InChI=1S/C13H22F3NO2S/c14-13(15,16)11-5-2-1-4-10(11)12(19)17-6-9-20-8-3-7-18/h10-11,18H,1-9H2,(H,17,19). The molecule has 0 aromatic carbocycles. The average molecular weight is 313 g/mol. The van der Waals surface area contributed by atoms with Crippen molar-refractivity contribution in [3.05, 3.63) is 0 Å². The summed E-state index contributed by atoms with van der Waals surface area (Å²) in [4.78, 5) is 11.9. The second-order valence-electron chi connectivity index (χ2n) is 5.02. The minimum absolute atomic E-state index is 0.0623. The van der Waals surface area contributed by atoms with Crippen molar-refractivity contribution < 1.29 is 23.1 Å². The second-order valence-corrected chi connectivity index (χ2v) is 6.24. The highest BCUT2D eigenvalue weighted by molar-refractivity contribution is 7.99. The van der Waals surface area contributed by atoms with Gasteiger partial charge in [-0.05, 0) is 25.0 Å². The van der Waals surface area contributed by atoms with Crippen molar-refractivity contribution in [3.8, 4) is 0 Å². The summed E-state index contributed by atoms with van der Waals surface area (Å²) in [5.41, 5.74) is 0. The normalized spacial score (nSPS) is 23.6. The zero-order valence-corrected chi connectivity index (χ0v) is 12.2. The molecule has 20 heavy (non-hydrogen) atoms. The Morgan fingerprint density at radius 3 is 2.60 bits per heavy atom. The number of carbonyl (C=O) groups excluding carboxylic acids is 1. The molecule has 0 aliphatic heterocycles. The summed E-state index contributed by atoms with van der Waals surface area (Å²) in [6.07, 6.45) is -1.96. The molecule has 118 valence electrons. The quantitative estimate of drug-likeness (QED) is 0.710. The molecule has 1 rings (SSSR count). The lowest BCUT2D eigenvalue weighted by Gasteiger charge is -2.31. The Kier molecular flexibility index (Phi) is 7.72. The first-order valence-corrected chi connectivity index (χ1v) is 8.15. The van der Waals surface area contributed by atoms with Crippen LogP contribution in [0.15, 0.2) is 0 Å². The molecule has 0 heterocycles. The van der Waals surface area contributed by atoms with E-state index in [0.717, 1.165) is 5.75 Å². The maximum atomic E-state index is 12.9. The molecule has 0 radical (unpaired) electrons. The molecule has 0 spiro atoms. The van der Waals surface area contributed by atoms with Crippen molar-refractivity contribution in [2.24, 2.45) is 11.8 Å². The fourth-order valence-corrected chi connectivity index (χ4v) is 3.27. The van der Waals surface area contributed by atoms with Gasteiger partial charge in [-0.25, -0.2) is 0 Å². The molecule has 2 atom stereocenters. The van der Waals surface area contributed by atoms with Gasteiger partial charge in [-0.15, -0.1) is 0 Å². The van der Waals surface area contributed by atoms with E-state index >= 15 is 0 Å². The monoisotopic (exact) mass is 313 g/mol. The first-order chi connectivity index (χ1) is 9.46. The van der Waals surface area contributed by atoms with E-state index in [2.05, 4.69) is 5.32 Å². The van der Waals surface area contributed by atoms with Gasteiger partial charge in [0.15, 0.2) is 0 Å². The molecular weight excluding hydrogens is 291 g/mol. The molecule has 3 nitrogen and oxygen atoms in total. The lowest BCUT2D eigenvalue weighted by atomic mass is 9.78. The minimum Gasteiger partial charge on any atom is -0.396 e. The van der Waals surface area contributed by atoms with Crippen LogP contribution in [0.5, 0.6) is 0 Å². The summed E-state index contributed by atoms with van der Waals surface area (Å²) in [5.74, 6) is -1.42. The highest BCUT2D eigenvalue weighted by atomic mass is 32.2. The second kappa shape index (κ2) is 8.77. The number of hydrogen-bond donors (Lipinski definition) is 2. The summed E-state index contributed by atoms with van der Waals surface area (Å²) in [7, 11) is 0. The summed E-state index contributed by atoms with van der Waals surface area (Å²) in [6.45, 7) is 0.519. The van der Waals surface area contributed by atoms with Crippen LogP contribution in [0.1, 0.15) is 32.1 Å². The van der Waals surface area contributed by atoms with Gasteiger partial charge in [0.25, 0.3) is 0 Å². The molecule has 1 saturated carbocycles. The third-order valence-electron chi connectivity index (χ3n) is 3.52. The number of aliphatic hydroxyl groups is 1. The molecular formula is C13H22F3NO2S. The van der Waals surface area contributed by atoms with Gasteiger partial charge in [0.1, 0.15) is 0 Å². The van der Waals surface area contributed by atoms with Gasteiger partial charge in [-0.3, -0.25) is 4.79 Å². The van der Waals surface area contributed by atoms with Crippen molar-refractivity contribution in [3.63, 3.8) is 0 Å². The Labute approximate surface area is 121 Å². The molecule has 0 bridgehead atoms. The van der Waals surface area contributed by atoms with Crippen LogP contribution in [0.25, 0.3) is 0 Å². The van der Waals surface area contributed by atoms with E-state index in [4.69, 9.17) is 5.11 Å². The predicted molar refractivity (Wildman–Crippen MR) is 73.5 cm³/mol. The first-order valence-electron chi connectivity index (χ1n) is 7.00. The van der Waals surface area contributed by atoms with E-state index in [0.29, 0.717) is 38.0 Å². The van der Waals surface area contributed by atoms with Crippen LogP contribution in [0.3, 0.4) is 0 Å². The van der Waals surface area contributed by atoms with Gasteiger partial charge in [-0.2, -0.15) is 24.9 Å². The lowest BCUT2D eigenvalue weighted by molar-refractivity contribution is -0.198. The Morgan fingerprint density at radius 2 is 1.95 bits per heavy atom. The zero-order chi connectivity index (χ0) is 15.0. The third-order valence-corrected chi connectivity index (χ3v) is 4.59. The van der Waals surface area contributed by atoms with Crippen molar-refractivity contribution in [2.75, 3.05) is 24.7 Å². The molecule has 2 N–H and O–H groups in total. The highest BCUT2D eigenvalue weighted by Crippen LogP contribution is 2.41. The number of halogens is 3. The van der Waals surface area contributed by atoms with Crippen molar-refractivity contribution in [1.82, 2.24) is 5.32 Å².